The fourth-order valence-electron chi connectivity index (χ4n) is 3.24. The first-order valence-electron chi connectivity index (χ1n) is 9.84. The lowest BCUT2D eigenvalue weighted by Crippen LogP contribution is -2.15. The Kier molecular flexibility index (Phi) is 5.94. The van der Waals surface area contributed by atoms with Crippen molar-refractivity contribution in [1.82, 2.24) is 20.0 Å². The van der Waals surface area contributed by atoms with E-state index in [1.54, 1.807) is 38.3 Å². The smallest absolute Gasteiger partial charge is 0.280 e. The maximum Gasteiger partial charge on any atom is 0.280 e. The average Bonchev–Trinajstić information content (AvgIpc) is 3.35. The Bertz CT molecular complexity index is 1320. The summed E-state index contributed by atoms with van der Waals surface area (Å²) >= 11 is 0. The SMILES string of the molecule is COc1cccc(-c2nc(Cn3nnc(C(=O)Nc4cccc(F)c4)c3N)c(C)o2)c1OC. The minimum absolute atomic E-state index is 0.0341. The zero-order valence-electron chi connectivity index (χ0n) is 18.1. The lowest BCUT2D eigenvalue weighted by Gasteiger charge is -2.09. The molecular weight excluding hydrogens is 431 g/mol. The van der Waals surface area contributed by atoms with Gasteiger partial charge in [-0.05, 0) is 37.3 Å². The first-order chi connectivity index (χ1) is 15.9. The number of nitrogens with zero attached hydrogens (tertiary/aromatic N) is 4. The number of hydrogen-bond acceptors (Lipinski definition) is 8. The number of aryl methyl sites for hydroxylation is 1. The van der Waals surface area contributed by atoms with E-state index >= 15 is 0 Å². The number of nitrogen functional groups attached to an aromatic ring is 1. The van der Waals surface area contributed by atoms with Crippen molar-refractivity contribution in [2.45, 2.75) is 13.5 Å². The van der Waals surface area contributed by atoms with Gasteiger partial charge in [-0.15, -0.1) is 5.10 Å². The van der Waals surface area contributed by atoms with E-state index < -0.39 is 11.7 Å². The zero-order chi connectivity index (χ0) is 23.5. The van der Waals surface area contributed by atoms with Crippen LogP contribution in [0.25, 0.3) is 11.5 Å². The number of hydrogen-bond donors (Lipinski definition) is 2. The van der Waals surface area contributed by atoms with Gasteiger partial charge in [0.05, 0.1) is 26.3 Å². The standard InChI is InChI=1S/C22H21FN6O4/c1-12-16(26-22(33-12)15-8-5-9-17(31-2)19(15)32-3)11-29-20(24)18(27-28-29)21(30)25-14-7-4-6-13(23)10-14/h4-10H,11,24H2,1-3H3,(H,25,30). The maximum atomic E-state index is 13.4. The van der Waals surface area contributed by atoms with E-state index in [1.165, 1.54) is 30.0 Å². The number of carbonyl (C=O) groups is 1. The second kappa shape index (κ2) is 8.99. The van der Waals surface area contributed by atoms with Gasteiger partial charge in [-0.1, -0.05) is 17.3 Å². The summed E-state index contributed by atoms with van der Waals surface area (Å²) in [6.45, 7) is 1.87. The van der Waals surface area contributed by atoms with Crippen molar-refractivity contribution in [3.05, 3.63) is 65.4 Å². The second-order valence-corrected chi connectivity index (χ2v) is 7.01. The van der Waals surface area contributed by atoms with E-state index in [1.807, 2.05) is 0 Å². The predicted molar refractivity (Wildman–Crippen MR) is 118 cm³/mol. The van der Waals surface area contributed by atoms with Crippen molar-refractivity contribution in [3.63, 3.8) is 0 Å². The molecule has 2 aromatic heterocycles. The first-order valence-corrected chi connectivity index (χ1v) is 9.84. The highest BCUT2D eigenvalue weighted by Crippen LogP contribution is 2.38. The molecule has 0 radical (unpaired) electrons. The number of anilines is 2. The summed E-state index contributed by atoms with van der Waals surface area (Å²) in [6.07, 6.45) is 0. The van der Waals surface area contributed by atoms with Crippen LogP contribution in [0.5, 0.6) is 11.5 Å². The Labute approximate surface area is 188 Å². The molecule has 0 atom stereocenters. The van der Waals surface area contributed by atoms with Crippen LogP contribution in [0, 0.1) is 12.7 Å². The molecule has 3 N–H and O–H groups in total. The van der Waals surface area contributed by atoms with Gasteiger partial charge in [-0.3, -0.25) is 4.79 Å². The number of ether oxygens (including phenoxy) is 2. The Hall–Kier alpha value is -4.41. The summed E-state index contributed by atoms with van der Waals surface area (Å²) in [4.78, 5) is 17.1. The van der Waals surface area contributed by atoms with Crippen LogP contribution in [0.2, 0.25) is 0 Å². The number of carbonyl (C=O) groups excluding carboxylic acids is 1. The number of halogens is 1. The van der Waals surface area contributed by atoms with Crippen LogP contribution in [-0.4, -0.2) is 40.1 Å². The molecule has 4 rings (SSSR count). The van der Waals surface area contributed by atoms with Gasteiger partial charge in [-0.2, -0.15) is 0 Å². The highest BCUT2D eigenvalue weighted by Gasteiger charge is 2.22. The quantitative estimate of drug-likeness (QED) is 0.437. The Morgan fingerprint density at radius 3 is 2.73 bits per heavy atom. The van der Waals surface area contributed by atoms with E-state index in [-0.39, 0.29) is 23.7 Å². The number of aromatic nitrogens is 4. The van der Waals surface area contributed by atoms with Crippen molar-refractivity contribution >= 4 is 17.4 Å². The second-order valence-electron chi connectivity index (χ2n) is 7.01. The maximum absolute atomic E-state index is 13.4. The van der Waals surface area contributed by atoms with Crippen molar-refractivity contribution in [1.29, 1.82) is 0 Å². The summed E-state index contributed by atoms with van der Waals surface area (Å²) in [7, 11) is 3.08. The Morgan fingerprint density at radius 2 is 2.00 bits per heavy atom. The van der Waals surface area contributed by atoms with Gasteiger partial charge >= 0.3 is 0 Å². The monoisotopic (exact) mass is 452 g/mol. The fraction of sp³-hybridized carbons (Fsp3) is 0.182. The molecule has 10 nitrogen and oxygen atoms in total. The van der Waals surface area contributed by atoms with Crippen LogP contribution in [0.15, 0.2) is 46.9 Å². The zero-order valence-corrected chi connectivity index (χ0v) is 18.1. The van der Waals surface area contributed by atoms with E-state index in [4.69, 9.17) is 19.6 Å². The van der Waals surface area contributed by atoms with Gasteiger partial charge in [0.2, 0.25) is 5.89 Å². The number of nitrogens with two attached hydrogens (primary N) is 1. The van der Waals surface area contributed by atoms with Crippen LogP contribution in [-0.2, 0) is 6.54 Å². The number of amides is 1. The number of nitrogens with one attached hydrogen (secondary N) is 1. The normalized spacial score (nSPS) is 10.8. The largest absolute Gasteiger partial charge is 0.493 e. The van der Waals surface area contributed by atoms with E-state index in [0.717, 1.165) is 0 Å². The molecule has 11 heteroatoms. The van der Waals surface area contributed by atoms with Gasteiger partial charge in [0.25, 0.3) is 5.91 Å². The molecule has 0 aliphatic carbocycles. The topological polar surface area (TPSA) is 130 Å². The van der Waals surface area contributed by atoms with Crippen molar-refractivity contribution in [3.8, 4) is 23.0 Å². The average molecular weight is 452 g/mol. The molecule has 0 aliphatic heterocycles. The molecular formula is C22H21FN6O4. The first kappa shape index (κ1) is 21.8. The van der Waals surface area contributed by atoms with Gasteiger partial charge in [-0.25, -0.2) is 14.1 Å². The molecule has 0 fully saturated rings. The van der Waals surface area contributed by atoms with Crippen LogP contribution in [0.3, 0.4) is 0 Å². The van der Waals surface area contributed by atoms with E-state index in [0.29, 0.717) is 34.4 Å². The Balaban J connectivity index is 1.57. The number of benzene rings is 2. The molecule has 2 heterocycles. The minimum Gasteiger partial charge on any atom is -0.493 e. The van der Waals surface area contributed by atoms with Gasteiger partial charge in [0, 0.05) is 5.69 Å². The van der Waals surface area contributed by atoms with E-state index in [2.05, 4.69) is 20.6 Å². The van der Waals surface area contributed by atoms with Gasteiger partial charge in [0.1, 0.15) is 17.3 Å². The third-order valence-electron chi connectivity index (χ3n) is 4.90. The lowest BCUT2D eigenvalue weighted by molar-refractivity contribution is 0.102. The van der Waals surface area contributed by atoms with Gasteiger partial charge < -0.3 is 24.9 Å². The fourth-order valence-corrected chi connectivity index (χ4v) is 3.24. The van der Waals surface area contributed by atoms with Crippen molar-refractivity contribution in [2.75, 3.05) is 25.3 Å². The molecule has 0 aliphatic rings. The molecule has 170 valence electrons. The molecule has 0 saturated heterocycles. The van der Waals surface area contributed by atoms with Crippen LogP contribution >= 0.6 is 0 Å². The summed E-state index contributed by atoms with van der Waals surface area (Å²) in [5.41, 5.74) is 7.45. The summed E-state index contributed by atoms with van der Waals surface area (Å²) < 4.78 is 31.3. The van der Waals surface area contributed by atoms with Crippen LogP contribution < -0.4 is 20.5 Å². The van der Waals surface area contributed by atoms with Crippen molar-refractivity contribution < 1.29 is 23.1 Å². The molecule has 0 unspecified atom stereocenters. The molecule has 33 heavy (non-hydrogen) atoms. The van der Waals surface area contributed by atoms with Crippen molar-refractivity contribution in [2.24, 2.45) is 0 Å². The molecule has 2 aromatic carbocycles. The predicted octanol–water partition coefficient (Wildman–Crippen LogP) is 3.28. The summed E-state index contributed by atoms with van der Waals surface area (Å²) in [5, 5.41) is 10.4. The molecule has 0 saturated carbocycles. The van der Waals surface area contributed by atoms with Crippen LogP contribution in [0.4, 0.5) is 15.9 Å². The molecule has 4 aromatic rings. The third kappa shape index (κ3) is 4.33. The lowest BCUT2D eigenvalue weighted by atomic mass is 10.2. The highest BCUT2D eigenvalue weighted by molar-refractivity contribution is 6.05. The summed E-state index contributed by atoms with van der Waals surface area (Å²) in [6, 6.07) is 10.9. The summed E-state index contributed by atoms with van der Waals surface area (Å²) in [5.74, 6) is 0.854. The van der Waals surface area contributed by atoms with Gasteiger partial charge in [0.15, 0.2) is 23.0 Å². The number of para-hydroxylation sites is 1. The minimum atomic E-state index is -0.608. The third-order valence-corrected chi connectivity index (χ3v) is 4.90. The Morgan fingerprint density at radius 1 is 1.21 bits per heavy atom. The molecule has 0 spiro atoms. The highest BCUT2D eigenvalue weighted by atomic mass is 19.1. The number of oxazole rings is 1. The number of methoxy groups -OCH3 is 2. The number of rotatable bonds is 7. The van der Waals surface area contributed by atoms with E-state index in [9.17, 15) is 9.18 Å². The van der Waals surface area contributed by atoms with Crippen LogP contribution in [0.1, 0.15) is 21.9 Å². The molecule has 1 amide bonds. The molecule has 0 bridgehead atoms.